The highest BCUT2D eigenvalue weighted by atomic mass is 16.5. The van der Waals surface area contributed by atoms with E-state index in [-0.39, 0.29) is 6.04 Å². The normalized spacial score (nSPS) is 18.5. The highest BCUT2D eigenvalue weighted by Gasteiger charge is 2.20. The summed E-state index contributed by atoms with van der Waals surface area (Å²) in [5.41, 5.74) is 5.20. The molecule has 5 rings (SSSR count). The Balaban J connectivity index is 1.67. The second-order valence-corrected chi connectivity index (χ2v) is 7.65. The van der Waals surface area contributed by atoms with Gasteiger partial charge in [0, 0.05) is 49.4 Å². The van der Waals surface area contributed by atoms with Crippen LogP contribution < -0.4 is 4.74 Å². The standard InChI is InChI=1S/C20H23N9O/c1-12-11-30-20-18(25-29(4)26-20)14-7-15-16(23-24-19(15)21-8-14)6-5-13-9-22-28(3)17(13)10-27(12)2/h5-9,12H,10-11H2,1-4H3,(H,21,23,24)/b6-5+/t12-/m1/s1. The molecular weight excluding hydrogens is 382 g/mol. The minimum absolute atomic E-state index is 0.161. The molecule has 4 aromatic rings. The monoisotopic (exact) mass is 405 g/mol. The summed E-state index contributed by atoms with van der Waals surface area (Å²) in [4.78, 5) is 8.25. The number of hydrogen-bond donors (Lipinski definition) is 1. The van der Waals surface area contributed by atoms with Gasteiger partial charge in [0.05, 0.1) is 17.6 Å². The summed E-state index contributed by atoms with van der Waals surface area (Å²) >= 11 is 0. The maximum absolute atomic E-state index is 6.09. The van der Waals surface area contributed by atoms with Gasteiger partial charge in [0.15, 0.2) is 11.3 Å². The average Bonchev–Trinajstić information content (AvgIpc) is 3.41. The molecule has 4 aromatic heterocycles. The van der Waals surface area contributed by atoms with Crippen molar-refractivity contribution >= 4 is 23.2 Å². The van der Waals surface area contributed by atoms with Gasteiger partial charge in [-0.05, 0) is 32.2 Å². The van der Waals surface area contributed by atoms with E-state index in [2.05, 4.69) is 55.4 Å². The zero-order chi connectivity index (χ0) is 20.8. The number of aromatic nitrogens is 8. The van der Waals surface area contributed by atoms with Gasteiger partial charge in [-0.25, -0.2) is 4.98 Å². The first-order chi connectivity index (χ1) is 14.5. The third-order valence-electron chi connectivity index (χ3n) is 5.53. The van der Waals surface area contributed by atoms with E-state index in [0.29, 0.717) is 23.8 Å². The smallest absolute Gasteiger partial charge is 0.261 e. The first kappa shape index (κ1) is 18.5. The molecule has 0 spiro atoms. The van der Waals surface area contributed by atoms with Crippen LogP contribution in [0.5, 0.6) is 5.88 Å². The maximum Gasteiger partial charge on any atom is 0.261 e. The molecule has 0 radical (unpaired) electrons. The third-order valence-corrected chi connectivity index (χ3v) is 5.53. The SMILES string of the molecule is C[C@@H]1COc2nn(C)nc2-c2cnc3n[nH]c(c3c2)/C=C/c2cnn(C)c2CN1C. The lowest BCUT2D eigenvalue weighted by molar-refractivity contribution is 0.161. The third kappa shape index (κ3) is 3.14. The largest absolute Gasteiger partial charge is 0.473 e. The van der Waals surface area contributed by atoms with Gasteiger partial charge in [-0.3, -0.25) is 14.7 Å². The van der Waals surface area contributed by atoms with Gasteiger partial charge in [-0.2, -0.15) is 15.0 Å². The predicted octanol–water partition coefficient (Wildman–Crippen LogP) is 1.87. The molecule has 10 heteroatoms. The van der Waals surface area contributed by atoms with E-state index < -0.39 is 0 Å². The van der Waals surface area contributed by atoms with E-state index in [1.807, 2.05) is 30.1 Å². The minimum Gasteiger partial charge on any atom is -0.473 e. The summed E-state index contributed by atoms with van der Waals surface area (Å²) in [6.45, 7) is 3.35. The fourth-order valence-electron chi connectivity index (χ4n) is 3.55. The molecule has 0 amide bonds. The van der Waals surface area contributed by atoms with Crippen LogP contribution in [0.25, 0.3) is 34.4 Å². The van der Waals surface area contributed by atoms with Crippen LogP contribution in [-0.2, 0) is 20.6 Å². The number of hydrogen-bond acceptors (Lipinski definition) is 7. The first-order valence-electron chi connectivity index (χ1n) is 9.77. The minimum atomic E-state index is 0.161. The Kier molecular flexibility index (Phi) is 4.35. The van der Waals surface area contributed by atoms with Gasteiger partial charge < -0.3 is 4.74 Å². The lowest BCUT2D eigenvalue weighted by Gasteiger charge is -2.24. The Morgan fingerprint density at radius 2 is 2.00 bits per heavy atom. The molecule has 154 valence electrons. The summed E-state index contributed by atoms with van der Waals surface area (Å²) in [6, 6.07) is 2.18. The second kappa shape index (κ2) is 7.06. The highest BCUT2D eigenvalue weighted by molar-refractivity contribution is 5.90. The highest BCUT2D eigenvalue weighted by Crippen LogP contribution is 2.29. The first-order valence-corrected chi connectivity index (χ1v) is 9.77. The number of pyridine rings is 1. The maximum atomic E-state index is 6.09. The molecule has 30 heavy (non-hydrogen) atoms. The number of likely N-dealkylation sites (N-methyl/N-ethyl adjacent to an activating group) is 1. The van der Waals surface area contributed by atoms with Gasteiger partial charge in [-0.15, -0.1) is 10.2 Å². The number of fused-ring (bicyclic) bond motifs is 4. The molecule has 5 heterocycles. The van der Waals surface area contributed by atoms with Gasteiger partial charge in [0.25, 0.3) is 5.88 Å². The van der Waals surface area contributed by atoms with Crippen LogP contribution in [0.3, 0.4) is 0 Å². The molecule has 0 fully saturated rings. The second-order valence-electron chi connectivity index (χ2n) is 7.65. The van der Waals surface area contributed by atoms with E-state index in [4.69, 9.17) is 4.74 Å². The molecule has 1 atom stereocenters. The van der Waals surface area contributed by atoms with Crippen molar-refractivity contribution in [3.8, 4) is 17.1 Å². The van der Waals surface area contributed by atoms with Crippen molar-refractivity contribution < 1.29 is 4.74 Å². The fourth-order valence-corrected chi connectivity index (χ4v) is 3.55. The lowest BCUT2D eigenvalue weighted by Crippen LogP contribution is -2.34. The Bertz CT molecular complexity index is 1250. The number of rotatable bonds is 0. The summed E-state index contributed by atoms with van der Waals surface area (Å²) < 4.78 is 8.00. The Morgan fingerprint density at radius 1 is 1.13 bits per heavy atom. The zero-order valence-electron chi connectivity index (χ0n) is 17.4. The topological polar surface area (TPSA) is 103 Å². The quantitative estimate of drug-likeness (QED) is 0.476. The lowest BCUT2D eigenvalue weighted by atomic mass is 10.1. The Labute approximate surface area is 173 Å². The Hall–Kier alpha value is -3.53. The van der Waals surface area contributed by atoms with Gasteiger partial charge >= 0.3 is 0 Å². The van der Waals surface area contributed by atoms with E-state index >= 15 is 0 Å². The fraction of sp³-hybridized carbons (Fsp3) is 0.350. The van der Waals surface area contributed by atoms with Crippen molar-refractivity contribution in [2.75, 3.05) is 13.7 Å². The molecule has 0 unspecified atom stereocenters. The van der Waals surface area contributed by atoms with Crippen molar-refractivity contribution in [2.24, 2.45) is 14.1 Å². The van der Waals surface area contributed by atoms with Crippen molar-refractivity contribution in [3.63, 3.8) is 0 Å². The van der Waals surface area contributed by atoms with Crippen LogP contribution in [0.4, 0.5) is 0 Å². The van der Waals surface area contributed by atoms with Gasteiger partial charge in [0.1, 0.15) is 6.61 Å². The zero-order valence-corrected chi connectivity index (χ0v) is 17.4. The molecule has 1 N–H and O–H groups in total. The van der Waals surface area contributed by atoms with E-state index in [1.165, 1.54) is 4.80 Å². The number of H-pyrrole nitrogens is 1. The summed E-state index contributed by atoms with van der Waals surface area (Å²) in [5, 5.41) is 21.7. The summed E-state index contributed by atoms with van der Waals surface area (Å²) in [5.74, 6) is 0.496. The van der Waals surface area contributed by atoms with E-state index in [0.717, 1.165) is 34.4 Å². The molecule has 1 aliphatic rings. The molecular formula is C20H23N9O. The number of nitrogens with zero attached hydrogens (tertiary/aromatic N) is 8. The summed E-state index contributed by atoms with van der Waals surface area (Å²) in [7, 11) is 5.82. The van der Waals surface area contributed by atoms with E-state index in [9.17, 15) is 0 Å². The van der Waals surface area contributed by atoms with Crippen LogP contribution >= 0.6 is 0 Å². The molecule has 0 saturated heterocycles. The van der Waals surface area contributed by atoms with Crippen LogP contribution in [-0.4, -0.2) is 64.6 Å². The summed E-state index contributed by atoms with van der Waals surface area (Å²) in [6.07, 6.45) is 7.70. The van der Waals surface area contributed by atoms with E-state index in [1.54, 1.807) is 13.2 Å². The predicted molar refractivity (Wildman–Crippen MR) is 112 cm³/mol. The van der Waals surface area contributed by atoms with Crippen molar-refractivity contribution in [2.45, 2.75) is 19.5 Å². The van der Waals surface area contributed by atoms with Crippen molar-refractivity contribution in [1.29, 1.82) is 0 Å². The van der Waals surface area contributed by atoms with Gasteiger partial charge in [0.2, 0.25) is 0 Å². The van der Waals surface area contributed by atoms with Crippen molar-refractivity contribution in [1.82, 2.24) is 44.9 Å². The molecule has 2 bridgehead atoms. The number of ether oxygens (including phenoxy) is 1. The molecule has 0 aliphatic carbocycles. The Morgan fingerprint density at radius 3 is 2.87 bits per heavy atom. The van der Waals surface area contributed by atoms with Gasteiger partial charge in [-0.1, -0.05) is 0 Å². The molecule has 1 aliphatic heterocycles. The number of aryl methyl sites for hydroxylation is 2. The van der Waals surface area contributed by atoms with Crippen LogP contribution in [0.15, 0.2) is 18.5 Å². The van der Waals surface area contributed by atoms with Crippen LogP contribution in [0.2, 0.25) is 0 Å². The number of nitrogens with one attached hydrogen (secondary N) is 1. The molecule has 10 nitrogen and oxygen atoms in total. The molecule has 0 saturated carbocycles. The van der Waals surface area contributed by atoms with Crippen LogP contribution in [0.1, 0.15) is 23.9 Å². The number of aromatic amines is 1. The average molecular weight is 405 g/mol. The van der Waals surface area contributed by atoms with Crippen molar-refractivity contribution in [3.05, 3.63) is 35.4 Å². The van der Waals surface area contributed by atoms with Crippen LogP contribution in [0, 0.1) is 0 Å². The molecule has 0 aromatic carbocycles.